The van der Waals surface area contributed by atoms with Crippen LogP contribution < -0.4 is 15.0 Å². The third-order valence-corrected chi connectivity index (χ3v) is 6.59. The molecule has 2 aliphatic rings. The van der Waals surface area contributed by atoms with E-state index in [1.54, 1.807) is 0 Å². The molecule has 0 aliphatic carbocycles. The molecule has 4 heterocycles. The van der Waals surface area contributed by atoms with E-state index in [0.717, 1.165) is 81.3 Å². The molecule has 0 spiro atoms. The van der Waals surface area contributed by atoms with Gasteiger partial charge in [0.15, 0.2) is 0 Å². The largest absolute Gasteiger partial charge is 0.491 e. The maximum Gasteiger partial charge on any atom is 0.145 e. The molecule has 0 saturated carbocycles. The summed E-state index contributed by atoms with van der Waals surface area (Å²) in [5.41, 5.74) is 4.41. The highest BCUT2D eigenvalue weighted by Crippen LogP contribution is 2.30. The van der Waals surface area contributed by atoms with Gasteiger partial charge in [0.25, 0.3) is 0 Å². The molecule has 0 radical (unpaired) electrons. The molecule has 5 rings (SSSR count). The Kier molecular flexibility index (Phi) is 6.36. The second-order valence-corrected chi connectivity index (χ2v) is 8.86. The van der Waals surface area contributed by atoms with Crippen molar-refractivity contribution in [2.45, 2.75) is 12.8 Å². The number of piperidine rings is 1. The zero-order chi connectivity index (χ0) is 21.8. The predicted molar refractivity (Wildman–Crippen MR) is 128 cm³/mol. The Balaban J connectivity index is 1.28. The summed E-state index contributed by atoms with van der Waals surface area (Å²) >= 11 is 0. The van der Waals surface area contributed by atoms with Crippen molar-refractivity contribution < 1.29 is 4.74 Å². The van der Waals surface area contributed by atoms with Crippen molar-refractivity contribution in [3.63, 3.8) is 0 Å². The number of nitrogens with one attached hydrogen (secondary N) is 1. The highest BCUT2D eigenvalue weighted by atomic mass is 16.5. The van der Waals surface area contributed by atoms with Gasteiger partial charge >= 0.3 is 0 Å². The lowest BCUT2D eigenvalue weighted by Gasteiger charge is -2.34. The minimum atomic E-state index is 0.603. The third-order valence-electron chi connectivity index (χ3n) is 6.59. The van der Waals surface area contributed by atoms with Crippen LogP contribution >= 0.6 is 0 Å². The second kappa shape index (κ2) is 9.71. The summed E-state index contributed by atoms with van der Waals surface area (Å²) in [6, 6.07) is 10.7. The van der Waals surface area contributed by atoms with Crippen molar-refractivity contribution >= 4 is 5.69 Å². The molecule has 2 aliphatic heterocycles. The summed E-state index contributed by atoms with van der Waals surface area (Å²) in [5, 5.41) is 8.03. The van der Waals surface area contributed by atoms with Gasteiger partial charge in [-0.2, -0.15) is 5.10 Å². The highest BCUT2D eigenvalue weighted by molar-refractivity contribution is 5.68. The van der Waals surface area contributed by atoms with Crippen LogP contribution in [0.4, 0.5) is 5.69 Å². The molecular weight excluding hydrogens is 400 g/mol. The first kappa shape index (κ1) is 21.0. The molecule has 168 valence electrons. The fourth-order valence-electron chi connectivity index (χ4n) is 4.47. The lowest BCUT2D eigenvalue weighted by Crippen LogP contribution is -2.44. The molecule has 32 heavy (non-hydrogen) atoms. The predicted octanol–water partition coefficient (Wildman–Crippen LogP) is 3.06. The van der Waals surface area contributed by atoms with Crippen LogP contribution in [0.3, 0.4) is 0 Å². The molecule has 0 amide bonds. The number of hydrogen-bond donors (Lipinski definition) is 1. The molecule has 2 fully saturated rings. The molecular formula is C25H32N6O. The molecule has 1 N–H and O–H groups in total. The second-order valence-electron chi connectivity index (χ2n) is 8.86. The van der Waals surface area contributed by atoms with E-state index in [0.29, 0.717) is 5.92 Å². The Hall–Kier alpha value is -2.90. The van der Waals surface area contributed by atoms with Crippen LogP contribution in [-0.2, 0) is 0 Å². The quantitative estimate of drug-likeness (QED) is 0.646. The van der Waals surface area contributed by atoms with Gasteiger partial charge in [-0.15, -0.1) is 0 Å². The highest BCUT2D eigenvalue weighted by Gasteiger charge is 2.17. The molecule has 2 saturated heterocycles. The third kappa shape index (κ3) is 4.79. The number of likely N-dealkylation sites (N-methyl/N-ethyl adjacent to an activating group) is 1. The number of ether oxygens (including phenoxy) is 1. The van der Waals surface area contributed by atoms with E-state index in [9.17, 15) is 0 Å². The average Bonchev–Trinajstić information content (AvgIpc) is 3.34. The van der Waals surface area contributed by atoms with Crippen LogP contribution in [0.1, 0.15) is 12.8 Å². The molecule has 7 heteroatoms. The van der Waals surface area contributed by atoms with Crippen LogP contribution in [0, 0.1) is 5.92 Å². The van der Waals surface area contributed by atoms with E-state index < -0.39 is 0 Å². The summed E-state index contributed by atoms with van der Waals surface area (Å²) in [4.78, 5) is 9.11. The Morgan fingerprint density at radius 1 is 0.969 bits per heavy atom. The Bertz CT molecular complexity index is 1000. The van der Waals surface area contributed by atoms with Gasteiger partial charge in [0.2, 0.25) is 0 Å². The molecule has 3 aromatic rings. The molecule has 2 aromatic heterocycles. The molecule has 0 bridgehead atoms. The number of rotatable bonds is 6. The standard InChI is InChI=1S/C25H32N6O/c1-29-12-14-30(15-13-29)22-2-4-23(5-3-22)31-18-21(16-28-31)24-8-11-27-17-25(24)32-19-20-6-9-26-10-7-20/h2-5,8,11,16-18,20,26H,6-7,9-10,12-15,19H2,1H3. The topological polar surface area (TPSA) is 58.5 Å². The number of hydrogen-bond acceptors (Lipinski definition) is 6. The zero-order valence-electron chi connectivity index (χ0n) is 18.8. The van der Waals surface area contributed by atoms with E-state index in [1.807, 2.05) is 29.3 Å². The number of benzene rings is 1. The smallest absolute Gasteiger partial charge is 0.145 e. The zero-order valence-corrected chi connectivity index (χ0v) is 18.8. The summed E-state index contributed by atoms with van der Waals surface area (Å²) in [7, 11) is 2.18. The number of pyridine rings is 1. The summed E-state index contributed by atoms with van der Waals surface area (Å²) in [6.45, 7) is 7.26. The van der Waals surface area contributed by atoms with Crippen molar-refractivity contribution in [1.29, 1.82) is 0 Å². The Morgan fingerprint density at radius 2 is 1.72 bits per heavy atom. The molecule has 0 unspecified atom stereocenters. The Morgan fingerprint density at radius 3 is 2.50 bits per heavy atom. The number of anilines is 1. The van der Waals surface area contributed by atoms with Crippen molar-refractivity contribution in [2.24, 2.45) is 5.92 Å². The first-order chi connectivity index (χ1) is 15.8. The van der Waals surface area contributed by atoms with E-state index in [2.05, 4.69) is 62.7 Å². The first-order valence-electron chi connectivity index (χ1n) is 11.6. The van der Waals surface area contributed by atoms with Crippen LogP contribution in [-0.4, -0.2) is 72.6 Å². The van der Waals surface area contributed by atoms with Gasteiger partial charge in [0, 0.05) is 55.4 Å². The maximum absolute atomic E-state index is 6.20. The van der Waals surface area contributed by atoms with Crippen LogP contribution in [0.15, 0.2) is 55.1 Å². The summed E-state index contributed by atoms with van der Waals surface area (Å²) in [6.07, 6.45) is 9.93. The fourth-order valence-corrected chi connectivity index (χ4v) is 4.47. The van der Waals surface area contributed by atoms with Crippen LogP contribution in [0.25, 0.3) is 16.8 Å². The van der Waals surface area contributed by atoms with Crippen LogP contribution in [0.5, 0.6) is 5.75 Å². The van der Waals surface area contributed by atoms with Gasteiger partial charge < -0.3 is 19.9 Å². The SMILES string of the molecule is CN1CCN(c2ccc(-n3cc(-c4ccncc4OCC4CCNCC4)cn3)cc2)CC1. The minimum absolute atomic E-state index is 0.603. The fraction of sp³-hybridized carbons (Fsp3) is 0.440. The summed E-state index contributed by atoms with van der Waals surface area (Å²) in [5.74, 6) is 1.43. The van der Waals surface area contributed by atoms with E-state index in [-0.39, 0.29) is 0 Å². The number of aromatic nitrogens is 3. The molecule has 0 atom stereocenters. The van der Waals surface area contributed by atoms with E-state index in [4.69, 9.17) is 4.74 Å². The molecule has 7 nitrogen and oxygen atoms in total. The van der Waals surface area contributed by atoms with E-state index in [1.165, 1.54) is 5.69 Å². The normalized spacial score (nSPS) is 18.1. The van der Waals surface area contributed by atoms with Crippen LogP contribution in [0.2, 0.25) is 0 Å². The van der Waals surface area contributed by atoms with Gasteiger partial charge in [0.1, 0.15) is 5.75 Å². The Labute approximate surface area is 190 Å². The van der Waals surface area contributed by atoms with Crippen molar-refractivity contribution in [3.05, 3.63) is 55.1 Å². The van der Waals surface area contributed by atoms with Gasteiger partial charge in [-0.25, -0.2) is 4.68 Å². The van der Waals surface area contributed by atoms with Gasteiger partial charge in [0.05, 0.1) is 24.7 Å². The van der Waals surface area contributed by atoms with E-state index >= 15 is 0 Å². The lowest BCUT2D eigenvalue weighted by atomic mass is 9.99. The first-order valence-corrected chi connectivity index (χ1v) is 11.6. The summed E-state index contributed by atoms with van der Waals surface area (Å²) < 4.78 is 8.13. The van der Waals surface area contributed by atoms with Crippen molar-refractivity contribution in [1.82, 2.24) is 25.0 Å². The molecule has 1 aromatic carbocycles. The lowest BCUT2D eigenvalue weighted by molar-refractivity contribution is 0.215. The number of piperazine rings is 1. The van der Waals surface area contributed by atoms with Crippen molar-refractivity contribution in [2.75, 3.05) is 57.8 Å². The minimum Gasteiger partial charge on any atom is -0.491 e. The average molecular weight is 433 g/mol. The van der Waals surface area contributed by atoms with Gasteiger partial charge in [-0.05, 0) is 69.2 Å². The monoisotopic (exact) mass is 432 g/mol. The van der Waals surface area contributed by atoms with Gasteiger partial charge in [-0.1, -0.05) is 0 Å². The van der Waals surface area contributed by atoms with Gasteiger partial charge in [-0.3, -0.25) is 4.98 Å². The maximum atomic E-state index is 6.20. The number of nitrogens with zero attached hydrogens (tertiary/aromatic N) is 5. The van der Waals surface area contributed by atoms with Crippen molar-refractivity contribution in [3.8, 4) is 22.6 Å².